The largest absolute Gasteiger partial charge is 0.497 e. The summed E-state index contributed by atoms with van der Waals surface area (Å²) in [7, 11) is 1.62. The summed E-state index contributed by atoms with van der Waals surface area (Å²) in [5, 5.41) is 13.9. The van der Waals surface area contributed by atoms with Gasteiger partial charge in [0.15, 0.2) is 11.4 Å². The Morgan fingerprint density at radius 1 is 1.00 bits per heavy atom. The van der Waals surface area contributed by atoms with Gasteiger partial charge in [0.25, 0.3) is 5.56 Å². The van der Waals surface area contributed by atoms with Crippen LogP contribution in [0, 0.1) is 0 Å². The summed E-state index contributed by atoms with van der Waals surface area (Å²) in [5.74, 6) is 0.988. The van der Waals surface area contributed by atoms with Crippen LogP contribution in [0.15, 0.2) is 77.6 Å². The van der Waals surface area contributed by atoms with Gasteiger partial charge in [0.1, 0.15) is 5.75 Å². The number of aromatic nitrogens is 3. The molecule has 6 rings (SSSR count). The number of hydrogen-bond donors (Lipinski definition) is 1. The molecule has 0 fully saturated rings. The van der Waals surface area contributed by atoms with E-state index in [1.807, 2.05) is 36.4 Å². The lowest BCUT2D eigenvalue weighted by molar-refractivity contribution is 0.0765. The Morgan fingerprint density at radius 3 is 2.70 bits per heavy atom. The van der Waals surface area contributed by atoms with E-state index in [-0.39, 0.29) is 17.8 Å². The van der Waals surface area contributed by atoms with E-state index in [0.29, 0.717) is 32.9 Å². The monoisotopic (exact) mass is 455 g/mol. The smallest absolute Gasteiger partial charge is 0.266 e. The molecule has 1 aliphatic rings. The standard InChI is InChI=1S/C26H18ClN3O3/c1-33-17-11-12-20-15(13-17)9-10-16(28-20)14-26(32)23-19(27)6-4-8-22(23)30-24(31)18-5-2-3-7-21(18)29-25(26)30/h2-13,32H,14H2,1H3. The van der Waals surface area contributed by atoms with Gasteiger partial charge in [-0.2, -0.15) is 0 Å². The van der Waals surface area contributed by atoms with E-state index < -0.39 is 5.60 Å². The summed E-state index contributed by atoms with van der Waals surface area (Å²) in [5.41, 5.74) is 1.08. The van der Waals surface area contributed by atoms with Crippen molar-refractivity contribution in [2.24, 2.45) is 0 Å². The van der Waals surface area contributed by atoms with Crippen LogP contribution in [0.25, 0.3) is 27.5 Å². The molecule has 1 unspecified atom stereocenters. The zero-order valence-electron chi connectivity index (χ0n) is 17.6. The second-order valence-electron chi connectivity index (χ2n) is 8.13. The average molecular weight is 456 g/mol. The van der Waals surface area contributed by atoms with Gasteiger partial charge >= 0.3 is 0 Å². The van der Waals surface area contributed by atoms with Crippen molar-refractivity contribution in [3.05, 3.63) is 105 Å². The highest BCUT2D eigenvalue weighted by atomic mass is 35.5. The molecule has 162 valence electrons. The van der Waals surface area contributed by atoms with Gasteiger partial charge < -0.3 is 9.84 Å². The van der Waals surface area contributed by atoms with Gasteiger partial charge in [0.05, 0.1) is 29.2 Å². The molecule has 6 nitrogen and oxygen atoms in total. The second kappa shape index (κ2) is 7.13. The number of methoxy groups -OCH3 is 1. The van der Waals surface area contributed by atoms with Gasteiger partial charge in [-0.1, -0.05) is 35.9 Å². The van der Waals surface area contributed by atoms with Gasteiger partial charge in [0, 0.05) is 28.1 Å². The van der Waals surface area contributed by atoms with E-state index in [2.05, 4.69) is 0 Å². The van der Waals surface area contributed by atoms with Crippen molar-refractivity contribution < 1.29 is 9.84 Å². The molecule has 0 saturated heterocycles. The fourth-order valence-corrected chi connectivity index (χ4v) is 4.98. The second-order valence-corrected chi connectivity index (χ2v) is 8.53. The molecule has 2 aromatic heterocycles. The fraction of sp³-hybridized carbons (Fsp3) is 0.115. The number of para-hydroxylation sites is 1. The number of fused-ring (bicyclic) bond motifs is 5. The van der Waals surface area contributed by atoms with Crippen LogP contribution >= 0.6 is 11.6 Å². The Hall–Kier alpha value is -3.74. The molecule has 1 N–H and O–H groups in total. The molecule has 0 radical (unpaired) electrons. The van der Waals surface area contributed by atoms with Gasteiger partial charge in [-0.05, 0) is 48.5 Å². The Balaban J connectivity index is 1.58. The van der Waals surface area contributed by atoms with Gasteiger partial charge in [-0.15, -0.1) is 0 Å². The van der Waals surface area contributed by atoms with Crippen molar-refractivity contribution in [2.45, 2.75) is 12.0 Å². The normalized spacial score (nSPS) is 16.7. The summed E-state index contributed by atoms with van der Waals surface area (Å²) in [6, 6.07) is 21.8. The first-order valence-electron chi connectivity index (χ1n) is 10.5. The molecule has 1 atom stereocenters. The van der Waals surface area contributed by atoms with Crippen molar-refractivity contribution in [1.29, 1.82) is 0 Å². The number of rotatable bonds is 3. The molecular formula is C26H18ClN3O3. The van der Waals surface area contributed by atoms with Gasteiger partial charge in [0.2, 0.25) is 0 Å². The summed E-state index contributed by atoms with van der Waals surface area (Å²) < 4.78 is 6.76. The SMILES string of the molecule is COc1ccc2nc(CC3(O)c4c(Cl)cccc4-n4c3nc3ccccc3c4=O)ccc2c1. The topological polar surface area (TPSA) is 77.2 Å². The maximum atomic E-state index is 13.4. The molecule has 7 heteroatoms. The van der Waals surface area contributed by atoms with E-state index in [0.717, 1.165) is 16.7 Å². The minimum absolute atomic E-state index is 0.108. The van der Waals surface area contributed by atoms with Crippen LogP contribution < -0.4 is 10.3 Å². The third kappa shape index (κ3) is 2.88. The van der Waals surface area contributed by atoms with E-state index in [1.165, 1.54) is 4.57 Å². The Kier molecular flexibility index (Phi) is 4.30. The van der Waals surface area contributed by atoms with E-state index in [9.17, 15) is 9.90 Å². The fourth-order valence-electron chi connectivity index (χ4n) is 4.65. The molecule has 3 heterocycles. The number of benzene rings is 3. The summed E-state index contributed by atoms with van der Waals surface area (Å²) in [6.45, 7) is 0. The molecule has 5 aromatic rings. The highest BCUT2D eigenvalue weighted by molar-refractivity contribution is 6.31. The van der Waals surface area contributed by atoms with Crippen molar-refractivity contribution in [2.75, 3.05) is 7.11 Å². The molecule has 0 spiro atoms. The third-order valence-corrected chi connectivity index (χ3v) is 6.50. The number of halogens is 1. The van der Waals surface area contributed by atoms with E-state index in [1.54, 1.807) is 43.5 Å². The summed E-state index contributed by atoms with van der Waals surface area (Å²) in [4.78, 5) is 22.9. The summed E-state index contributed by atoms with van der Waals surface area (Å²) >= 11 is 6.59. The first kappa shape index (κ1) is 19.9. The Labute approximate surface area is 193 Å². The maximum absolute atomic E-state index is 13.4. The number of pyridine rings is 1. The Bertz CT molecular complexity index is 1650. The third-order valence-electron chi connectivity index (χ3n) is 6.18. The highest BCUT2D eigenvalue weighted by Gasteiger charge is 2.46. The quantitative estimate of drug-likeness (QED) is 0.436. The van der Waals surface area contributed by atoms with Crippen molar-refractivity contribution in [1.82, 2.24) is 14.5 Å². The molecule has 0 saturated carbocycles. The first-order chi connectivity index (χ1) is 16.0. The first-order valence-corrected chi connectivity index (χ1v) is 10.8. The molecule has 0 amide bonds. The Morgan fingerprint density at radius 2 is 1.85 bits per heavy atom. The minimum atomic E-state index is -1.62. The highest BCUT2D eigenvalue weighted by Crippen LogP contribution is 2.45. The number of ether oxygens (including phenoxy) is 1. The van der Waals surface area contributed by atoms with Crippen LogP contribution in [0.1, 0.15) is 17.1 Å². The van der Waals surface area contributed by atoms with Gasteiger partial charge in [-0.3, -0.25) is 14.3 Å². The van der Waals surface area contributed by atoms with Crippen LogP contribution in [-0.2, 0) is 12.0 Å². The van der Waals surface area contributed by atoms with Crippen LogP contribution in [0.3, 0.4) is 0 Å². The van der Waals surface area contributed by atoms with Crippen LogP contribution in [0.5, 0.6) is 5.75 Å². The van der Waals surface area contributed by atoms with Crippen LogP contribution in [-0.4, -0.2) is 26.8 Å². The van der Waals surface area contributed by atoms with Crippen molar-refractivity contribution >= 4 is 33.4 Å². The van der Waals surface area contributed by atoms with Crippen molar-refractivity contribution in [3.63, 3.8) is 0 Å². The number of nitrogens with zero attached hydrogens (tertiary/aromatic N) is 3. The molecule has 3 aromatic carbocycles. The predicted octanol–water partition coefficient (Wildman–Crippen LogP) is 4.39. The molecular weight excluding hydrogens is 438 g/mol. The number of hydrogen-bond acceptors (Lipinski definition) is 5. The predicted molar refractivity (Wildman–Crippen MR) is 127 cm³/mol. The van der Waals surface area contributed by atoms with Crippen molar-refractivity contribution in [3.8, 4) is 11.4 Å². The molecule has 1 aliphatic heterocycles. The van der Waals surface area contributed by atoms with Crippen LogP contribution in [0.4, 0.5) is 0 Å². The number of aliphatic hydroxyl groups is 1. The molecule has 0 bridgehead atoms. The lowest BCUT2D eigenvalue weighted by atomic mass is 9.89. The lowest BCUT2D eigenvalue weighted by Gasteiger charge is -2.24. The zero-order valence-corrected chi connectivity index (χ0v) is 18.4. The molecule has 0 aliphatic carbocycles. The van der Waals surface area contributed by atoms with E-state index in [4.69, 9.17) is 26.3 Å². The minimum Gasteiger partial charge on any atom is -0.497 e. The zero-order chi connectivity index (χ0) is 22.7. The van der Waals surface area contributed by atoms with E-state index >= 15 is 0 Å². The van der Waals surface area contributed by atoms with Gasteiger partial charge in [-0.25, -0.2) is 4.98 Å². The summed E-state index contributed by atoms with van der Waals surface area (Å²) in [6.07, 6.45) is 0.108. The average Bonchev–Trinajstić information content (AvgIpc) is 3.08. The van der Waals surface area contributed by atoms with Crippen LogP contribution in [0.2, 0.25) is 5.02 Å². The lowest BCUT2D eigenvalue weighted by Crippen LogP contribution is -2.32. The molecule has 33 heavy (non-hydrogen) atoms. The maximum Gasteiger partial charge on any atom is 0.266 e.